The van der Waals surface area contributed by atoms with Gasteiger partial charge in [-0.25, -0.2) is 4.79 Å². The number of urea groups is 1. The van der Waals surface area contributed by atoms with Crippen LogP contribution in [0.15, 0.2) is 34.9 Å². The molecule has 0 aliphatic carbocycles. The number of nitrogens with one attached hydrogen (secondary N) is 2. The van der Waals surface area contributed by atoms with Gasteiger partial charge in [0.1, 0.15) is 18.1 Å². The van der Waals surface area contributed by atoms with Crippen molar-refractivity contribution in [2.24, 2.45) is 5.92 Å². The summed E-state index contributed by atoms with van der Waals surface area (Å²) in [6.07, 6.45) is 0.785. The fourth-order valence-corrected chi connectivity index (χ4v) is 2.45. The largest absolute Gasteiger partial charge is 0.494 e. The Kier molecular flexibility index (Phi) is 7.86. The van der Waals surface area contributed by atoms with Crippen LogP contribution in [0.1, 0.15) is 33.0 Å². The first-order chi connectivity index (χ1) is 13.4. The summed E-state index contributed by atoms with van der Waals surface area (Å²) < 4.78 is 10.3. The molecule has 2 N–H and O–H groups in total. The molecule has 0 radical (unpaired) electrons. The van der Waals surface area contributed by atoms with E-state index in [1.165, 1.54) is 4.90 Å². The Morgan fingerprint density at radius 2 is 1.93 bits per heavy atom. The third-order valence-electron chi connectivity index (χ3n) is 3.91. The van der Waals surface area contributed by atoms with Crippen LogP contribution in [0, 0.1) is 12.8 Å². The number of aromatic nitrogens is 1. The van der Waals surface area contributed by atoms with Crippen LogP contribution in [-0.2, 0) is 4.79 Å². The predicted octanol–water partition coefficient (Wildman–Crippen LogP) is 3.90. The Balaban J connectivity index is 1.99. The average Bonchev–Trinajstić information content (AvgIpc) is 3.04. The van der Waals surface area contributed by atoms with Crippen LogP contribution in [-0.4, -0.2) is 41.7 Å². The van der Waals surface area contributed by atoms with Crippen molar-refractivity contribution in [3.05, 3.63) is 36.1 Å². The summed E-state index contributed by atoms with van der Waals surface area (Å²) in [6.45, 7) is 8.75. The molecule has 0 bridgehead atoms. The average molecular weight is 388 g/mol. The molecule has 2 aromatic rings. The van der Waals surface area contributed by atoms with E-state index in [1.54, 1.807) is 37.3 Å². The molecular formula is C20H28N4O4. The highest BCUT2D eigenvalue weighted by Crippen LogP contribution is 2.16. The van der Waals surface area contributed by atoms with Crippen molar-refractivity contribution in [3.63, 3.8) is 0 Å². The van der Waals surface area contributed by atoms with Gasteiger partial charge in [0, 0.05) is 18.3 Å². The molecule has 1 aromatic heterocycles. The molecule has 3 amide bonds. The second-order valence-electron chi connectivity index (χ2n) is 6.86. The van der Waals surface area contributed by atoms with Crippen LogP contribution in [0.25, 0.3) is 0 Å². The topological polar surface area (TPSA) is 96.7 Å². The number of carbonyl (C=O) groups is 2. The zero-order valence-corrected chi connectivity index (χ0v) is 16.8. The zero-order valence-electron chi connectivity index (χ0n) is 16.8. The van der Waals surface area contributed by atoms with Crippen LogP contribution in [0.4, 0.5) is 16.3 Å². The SMILES string of the molecule is CCOc1ccc(NC(=O)N(CCC(C)C)CC(=O)Nc2cc(C)on2)cc1. The molecule has 8 heteroatoms. The van der Waals surface area contributed by atoms with Gasteiger partial charge in [-0.3, -0.25) is 4.79 Å². The maximum atomic E-state index is 12.7. The first-order valence-electron chi connectivity index (χ1n) is 9.39. The Labute approximate surface area is 165 Å². The molecule has 8 nitrogen and oxygen atoms in total. The lowest BCUT2D eigenvalue weighted by Crippen LogP contribution is -2.41. The number of hydrogen-bond acceptors (Lipinski definition) is 5. The van der Waals surface area contributed by atoms with Crippen LogP contribution >= 0.6 is 0 Å². The number of amides is 3. The number of ether oxygens (including phenoxy) is 1. The van der Waals surface area contributed by atoms with Gasteiger partial charge >= 0.3 is 6.03 Å². The maximum Gasteiger partial charge on any atom is 0.322 e. The van der Waals surface area contributed by atoms with E-state index in [2.05, 4.69) is 29.6 Å². The van der Waals surface area contributed by atoms with Crippen molar-refractivity contribution in [1.29, 1.82) is 0 Å². The molecule has 1 aromatic carbocycles. The van der Waals surface area contributed by atoms with Crippen molar-refractivity contribution in [1.82, 2.24) is 10.1 Å². The number of nitrogens with zero attached hydrogens (tertiary/aromatic N) is 2. The van der Waals surface area contributed by atoms with Gasteiger partial charge in [-0.1, -0.05) is 19.0 Å². The predicted molar refractivity (Wildman–Crippen MR) is 108 cm³/mol. The van der Waals surface area contributed by atoms with E-state index in [0.717, 1.165) is 12.2 Å². The molecule has 0 saturated carbocycles. The molecule has 2 rings (SSSR count). The molecule has 1 heterocycles. The standard InChI is InChI=1S/C20H28N4O4/c1-5-27-17-8-6-16(7-9-17)21-20(26)24(11-10-14(2)3)13-19(25)22-18-12-15(4)28-23-18/h6-9,12,14H,5,10-11,13H2,1-4H3,(H,21,26)(H,22,23,25). The lowest BCUT2D eigenvalue weighted by atomic mass is 10.1. The third-order valence-corrected chi connectivity index (χ3v) is 3.91. The summed E-state index contributed by atoms with van der Waals surface area (Å²) in [7, 11) is 0. The minimum absolute atomic E-state index is 0.0819. The molecule has 152 valence electrons. The highest BCUT2D eigenvalue weighted by molar-refractivity contribution is 5.96. The highest BCUT2D eigenvalue weighted by Gasteiger charge is 2.18. The third kappa shape index (κ3) is 6.94. The minimum Gasteiger partial charge on any atom is -0.494 e. The zero-order chi connectivity index (χ0) is 20.5. The number of benzene rings is 1. The van der Waals surface area contributed by atoms with Crippen molar-refractivity contribution < 1.29 is 18.8 Å². The van der Waals surface area contributed by atoms with E-state index in [-0.39, 0.29) is 18.5 Å². The smallest absolute Gasteiger partial charge is 0.322 e. The normalized spacial score (nSPS) is 10.6. The van der Waals surface area contributed by atoms with Crippen molar-refractivity contribution in [2.75, 3.05) is 30.3 Å². The Hall–Kier alpha value is -3.03. The van der Waals surface area contributed by atoms with Crippen LogP contribution < -0.4 is 15.4 Å². The summed E-state index contributed by atoms with van der Waals surface area (Å²) in [5.41, 5.74) is 0.635. The summed E-state index contributed by atoms with van der Waals surface area (Å²) in [5, 5.41) is 9.20. The van der Waals surface area contributed by atoms with Gasteiger partial charge in [0.2, 0.25) is 5.91 Å². The molecule has 0 unspecified atom stereocenters. The summed E-state index contributed by atoms with van der Waals surface area (Å²) in [5.74, 6) is 1.74. The Bertz CT molecular complexity index is 771. The summed E-state index contributed by atoms with van der Waals surface area (Å²) >= 11 is 0. The van der Waals surface area contributed by atoms with Crippen molar-refractivity contribution in [3.8, 4) is 5.75 Å². The van der Waals surface area contributed by atoms with Gasteiger partial charge in [0.25, 0.3) is 0 Å². The van der Waals surface area contributed by atoms with Crippen molar-refractivity contribution in [2.45, 2.75) is 34.1 Å². The van der Waals surface area contributed by atoms with Gasteiger partial charge in [-0.2, -0.15) is 0 Å². The first-order valence-corrected chi connectivity index (χ1v) is 9.39. The van der Waals surface area contributed by atoms with Crippen molar-refractivity contribution >= 4 is 23.4 Å². The number of carbonyl (C=O) groups excluding carboxylic acids is 2. The number of anilines is 2. The number of aryl methyl sites for hydroxylation is 1. The highest BCUT2D eigenvalue weighted by atomic mass is 16.5. The van der Waals surface area contributed by atoms with Gasteiger partial charge < -0.3 is 24.8 Å². The fraction of sp³-hybridized carbons (Fsp3) is 0.450. The van der Waals surface area contributed by atoms with E-state index in [0.29, 0.717) is 36.3 Å². The van der Waals surface area contributed by atoms with Crippen LogP contribution in [0.3, 0.4) is 0 Å². The second-order valence-corrected chi connectivity index (χ2v) is 6.86. The molecular weight excluding hydrogens is 360 g/mol. The van der Waals surface area contributed by atoms with Crippen LogP contribution in [0.2, 0.25) is 0 Å². The Morgan fingerprint density at radius 3 is 2.50 bits per heavy atom. The molecule has 0 atom stereocenters. The van der Waals surface area contributed by atoms with Gasteiger partial charge in [0.15, 0.2) is 5.82 Å². The lowest BCUT2D eigenvalue weighted by molar-refractivity contribution is -0.116. The number of hydrogen-bond donors (Lipinski definition) is 2. The first kappa shape index (κ1) is 21.3. The van der Waals surface area contributed by atoms with Gasteiger partial charge in [-0.05, 0) is 50.5 Å². The quantitative estimate of drug-likeness (QED) is 0.679. The fourth-order valence-electron chi connectivity index (χ4n) is 2.45. The van der Waals surface area contributed by atoms with E-state index in [1.807, 2.05) is 6.92 Å². The second kappa shape index (κ2) is 10.3. The maximum absolute atomic E-state index is 12.7. The molecule has 0 aliphatic rings. The summed E-state index contributed by atoms with van der Waals surface area (Å²) in [6, 6.07) is 8.39. The van der Waals surface area contributed by atoms with E-state index in [4.69, 9.17) is 9.26 Å². The Morgan fingerprint density at radius 1 is 1.21 bits per heavy atom. The molecule has 0 saturated heterocycles. The monoisotopic (exact) mass is 388 g/mol. The molecule has 28 heavy (non-hydrogen) atoms. The van der Waals surface area contributed by atoms with E-state index >= 15 is 0 Å². The molecule has 0 spiro atoms. The summed E-state index contributed by atoms with van der Waals surface area (Å²) in [4.78, 5) is 26.5. The lowest BCUT2D eigenvalue weighted by Gasteiger charge is -2.23. The van der Waals surface area contributed by atoms with Gasteiger partial charge in [0.05, 0.1) is 6.61 Å². The van der Waals surface area contributed by atoms with Crippen LogP contribution in [0.5, 0.6) is 5.75 Å². The van der Waals surface area contributed by atoms with Gasteiger partial charge in [-0.15, -0.1) is 0 Å². The number of rotatable bonds is 9. The minimum atomic E-state index is -0.337. The van der Waals surface area contributed by atoms with E-state index in [9.17, 15) is 9.59 Å². The van der Waals surface area contributed by atoms with E-state index < -0.39 is 0 Å². The molecule has 0 aliphatic heterocycles. The molecule has 0 fully saturated rings.